The normalized spacial score (nSPS) is 30.5. The zero-order chi connectivity index (χ0) is 12.9. The number of ether oxygens (including phenoxy) is 2. The Hall–Kier alpha value is -0.0800. The van der Waals surface area contributed by atoms with Gasteiger partial charge in [0.2, 0.25) is 0 Å². The second kappa shape index (κ2) is 6.75. The van der Waals surface area contributed by atoms with Gasteiger partial charge in [0.1, 0.15) is 0 Å². The minimum atomic E-state index is -0.0394. The molecule has 1 saturated heterocycles. The molecule has 0 N–H and O–H groups in total. The van der Waals surface area contributed by atoms with Gasteiger partial charge < -0.3 is 9.47 Å². The molecule has 2 nitrogen and oxygen atoms in total. The van der Waals surface area contributed by atoms with Gasteiger partial charge >= 0.3 is 0 Å². The molecule has 0 aromatic carbocycles. The van der Waals surface area contributed by atoms with Crippen LogP contribution in [0.4, 0.5) is 0 Å². The van der Waals surface area contributed by atoms with Crippen molar-refractivity contribution in [3.05, 3.63) is 0 Å². The second-order valence-corrected chi connectivity index (χ2v) is 6.49. The summed E-state index contributed by atoms with van der Waals surface area (Å²) in [5.41, 5.74) is 0.0797. The summed E-state index contributed by atoms with van der Waals surface area (Å²) < 4.78 is 12.0. The van der Waals surface area contributed by atoms with Crippen molar-refractivity contribution >= 4 is 0 Å². The van der Waals surface area contributed by atoms with Crippen molar-refractivity contribution in [1.29, 1.82) is 0 Å². The molecular formula is C15H30O2. The van der Waals surface area contributed by atoms with E-state index in [0.29, 0.717) is 12.2 Å². The number of hydrogen-bond donors (Lipinski definition) is 0. The quantitative estimate of drug-likeness (QED) is 0.660. The molecule has 1 fully saturated rings. The Balaban J connectivity index is 2.35. The summed E-state index contributed by atoms with van der Waals surface area (Å²) in [4.78, 5) is 0. The second-order valence-electron chi connectivity index (χ2n) is 6.49. The Kier molecular flexibility index (Phi) is 5.94. The first kappa shape index (κ1) is 15.0. The van der Waals surface area contributed by atoms with Crippen molar-refractivity contribution in [3.63, 3.8) is 0 Å². The topological polar surface area (TPSA) is 18.5 Å². The lowest BCUT2D eigenvalue weighted by Gasteiger charge is -2.40. The molecule has 2 heteroatoms. The molecule has 0 aliphatic carbocycles. The van der Waals surface area contributed by atoms with Crippen LogP contribution in [0.25, 0.3) is 0 Å². The molecule has 1 aliphatic heterocycles. The summed E-state index contributed by atoms with van der Waals surface area (Å²) in [5.74, 6) is 0. The number of hydrogen-bond acceptors (Lipinski definition) is 2. The van der Waals surface area contributed by atoms with Gasteiger partial charge in [-0.2, -0.15) is 0 Å². The summed E-state index contributed by atoms with van der Waals surface area (Å²) in [6, 6.07) is 0. The highest BCUT2D eigenvalue weighted by molar-refractivity contribution is 4.76. The summed E-state index contributed by atoms with van der Waals surface area (Å²) in [7, 11) is 0. The van der Waals surface area contributed by atoms with Gasteiger partial charge in [-0.25, -0.2) is 0 Å². The maximum atomic E-state index is 6.08. The molecular weight excluding hydrogens is 212 g/mol. The first-order valence-corrected chi connectivity index (χ1v) is 7.24. The van der Waals surface area contributed by atoms with E-state index in [1.165, 1.54) is 32.1 Å². The number of rotatable bonds is 5. The van der Waals surface area contributed by atoms with Gasteiger partial charge in [-0.1, -0.05) is 53.4 Å². The molecule has 0 saturated carbocycles. The van der Waals surface area contributed by atoms with Gasteiger partial charge in [-0.3, -0.25) is 0 Å². The minimum absolute atomic E-state index is 0.0394. The predicted octanol–water partition coefficient (Wildman–Crippen LogP) is 4.52. The fraction of sp³-hybridized carbons (Fsp3) is 1.00. The molecule has 0 bridgehead atoms. The molecule has 1 heterocycles. The monoisotopic (exact) mass is 242 g/mol. The largest absolute Gasteiger partial charge is 0.349 e. The van der Waals surface area contributed by atoms with Crippen LogP contribution in [0, 0.1) is 5.41 Å². The van der Waals surface area contributed by atoms with E-state index in [0.717, 1.165) is 6.42 Å². The molecule has 0 amide bonds. The first-order chi connectivity index (χ1) is 7.93. The van der Waals surface area contributed by atoms with E-state index in [-0.39, 0.29) is 11.7 Å². The Morgan fingerprint density at radius 3 is 2.35 bits per heavy atom. The fourth-order valence-electron chi connectivity index (χ4n) is 2.29. The van der Waals surface area contributed by atoms with Gasteiger partial charge in [0.15, 0.2) is 6.29 Å². The SMILES string of the molecule is CCCCCC[C@H]1C[C@H](C)O[C@H](C(C)(C)C)O1. The van der Waals surface area contributed by atoms with E-state index in [1.807, 2.05) is 0 Å². The lowest BCUT2D eigenvalue weighted by Crippen LogP contribution is -2.43. The number of unbranched alkanes of at least 4 members (excludes halogenated alkanes) is 3. The molecule has 17 heavy (non-hydrogen) atoms. The van der Waals surface area contributed by atoms with Crippen molar-refractivity contribution in [2.24, 2.45) is 5.41 Å². The van der Waals surface area contributed by atoms with Crippen LogP contribution in [-0.4, -0.2) is 18.5 Å². The Bertz CT molecular complexity index is 207. The van der Waals surface area contributed by atoms with Crippen LogP contribution < -0.4 is 0 Å². The van der Waals surface area contributed by atoms with Crippen molar-refractivity contribution < 1.29 is 9.47 Å². The standard InChI is InChI=1S/C15H30O2/c1-6-7-8-9-10-13-11-12(2)16-14(17-13)15(3,4)5/h12-14H,6-11H2,1-5H3/t12-,13-,14-/m0/s1. The molecule has 0 spiro atoms. The smallest absolute Gasteiger partial charge is 0.163 e. The van der Waals surface area contributed by atoms with Gasteiger partial charge in [0.05, 0.1) is 12.2 Å². The third kappa shape index (κ3) is 5.39. The summed E-state index contributed by atoms with van der Waals surface area (Å²) in [5, 5.41) is 0. The lowest BCUT2D eigenvalue weighted by molar-refractivity contribution is -0.276. The minimum Gasteiger partial charge on any atom is -0.349 e. The first-order valence-electron chi connectivity index (χ1n) is 7.24. The Morgan fingerprint density at radius 1 is 1.06 bits per heavy atom. The van der Waals surface area contributed by atoms with Crippen LogP contribution >= 0.6 is 0 Å². The molecule has 1 rings (SSSR count). The summed E-state index contributed by atoms with van der Waals surface area (Å²) >= 11 is 0. The highest BCUT2D eigenvalue weighted by atomic mass is 16.7. The maximum absolute atomic E-state index is 6.08. The average molecular weight is 242 g/mol. The summed E-state index contributed by atoms with van der Waals surface area (Å²) in [6.07, 6.45) is 8.23. The van der Waals surface area contributed by atoms with Crippen molar-refractivity contribution in [3.8, 4) is 0 Å². The Labute approximate surface area is 107 Å². The van der Waals surface area contributed by atoms with E-state index in [9.17, 15) is 0 Å². The van der Waals surface area contributed by atoms with Gasteiger partial charge in [-0.05, 0) is 19.8 Å². The predicted molar refractivity (Wildman–Crippen MR) is 72.0 cm³/mol. The van der Waals surface area contributed by atoms with Gasteiger partial charge in [0, 0.05) is 5.41 Å². The van der Waals surface area contributed by atoms with Crippen molar-refractivity contribution in [2.75, 3.05) is 0 Å². The molecule has 1 aliphatic rings. The van der Waals surface area contributed by atoms with Crippen LogP contribution in [0.2, 0.25) is 0 Å². The van der Waals surface area contributed by atoms with E-state index < -0.39 is 0 Å². The molecule has 0 unspecified atom stereocenters. The van der Waals surface area contributed by atoms with Crippen molar-refractivity contribution in [2.45, 2.75) is 91.6 Å². The van der Waals surface area contributed by atoms with Crippen LogP contribution in [-0.2, 0) is 9.47 Å². The van der Waals surface area contributed by atoms with Crippen LogP contribution in [0.3, 0.4) is 0 Å². The van der Waals surface area contributed by atoms with E-state index >= 15 is 0 Å². The van der Waals surface area contributed by atoms with Gasteiger partial charge in [0.25, 0.3) is 0 Å². The van der Waals surface area contributed by atoms with Crippen molar-refractivity contribution in [1.82, 2.24) is 0 Å². The Morgan fingerprint density at radius 2 is 1.76 bits per heavy atom. The third-order valence-corrected chi connectivity index (χ3v) is 3.35. The van der Waals surface area contributed by atoms with Crippen LogP contribution in [0.1, 0.15) is 73.1 Å². The molecule has 3 atom stereocenters. The van der Waals surface area contributed by atoms with Crippen LogP contribution in [0.5, 0.6) is 0 Å². The zero-order valence-electron chi connectivity index (χ0n) is 12.3. The maximum Gasteiger partial charge on any atom is 0.163 e. The molecule has 0 aromatic heterocycles. The van der Waals surface area contributed by atoms with E-state index in [2.05, 4.69) is 34.6 Å². The highest BCUT2D eigenvalue weighted by Gasteiger charge is 2.35. The summed E-state index contributed by atoms with van der Waals surface area (Å²) in [6.45, 7) is 11.0. The molecule has 102 valence electrons. The average Bonchev–Trinajstić information content (AvgIpc) is 2.22. The molecule has 0 radical (unpaired) electrons. The third-order valence-electron chi connectivity index (χ3n) is 3.35. The van der Waals surface area contributed by atoms with E-state index in [4.69, 9.17) is 9.47 Å². The van der Waals surface area contributed by atoms with E-state index in [1.54, 1.807) is 0 Å². The zero-order valence-corrected chi connectivity index (χ0v) is 12.3. The molecule has 0 aromatic rings. The fourth-order valence-corrected chi connectivity index (χ4v) is 2.29. The lowest BCUT2D eigenvalue weighted by atomic mass is 9.94. The van der Waals surface area contributed by atoms with Gasteiger partial charge in [-0.15, -0.1) is 0 Å². The van der Waals surface area contributed by atoms with Crippen LogP contribution in [0.15, 0.2) is 0 Å². The highest BCUT2D eigenvalue weighted by Crippen LogP contribution is 2.32.